The lowest BCUT2D eigenvalue weighted by Gasteiger charge is -2.35. The molecule has 2 fully saturated rings. The van der Waals surface area contributed by atoms with E-state index in [4.69, 9.17) is 11.6 Å². The fourth-order valence-electron chi connectivity index (χ4n) is 3.31. The number of halogens is 1. The number of anilines is 1. The third-order valence-corrected chi connectivity index (χ3v) is 5.14. The van der Waals surface area contributed by atoms with Crippen molar-refractivity contribution in [1.29, 1.82) is 0 Å². The Bertz CT molecular complexity index is 810. The lowest BCUT2D eigenvalue weighted by molar-refractivity contribution is -0.126. The molecule has 24 heavy (non-hydrogen) atoms. The standard InChI is InChI=1S/C18H19ClN4O/c1-2-17(24)22-5-7-23(8-6-22)18-14-9-15(19)13(12-3-4-12)10-16(14)20-11-21-18/h2,9-12H,1,3-8H2. The minimum atomic E-state index is -0.0145. The van der Waals surface area contributed by atoms with Crippen LogP contribution in [0, 0.1) is 0 Å². The van der Waals surface area contributed by atoms with Crippen LogP contribution in [0.15, 0.2) is 31.1 Å². The van der Waals surface area contributed by atoms with Crippen LogP contribution in [0.1, 0.15) is 24.3 Å². The Kier molecular flexibility index (Phi) is 3.88. The molecule has 1 amide bonds. The molecule has 0 radical (unpaired) electrons. The van der Waals surface area contributed by atoms with E-state index in [1.54, 1.807) is 6.33 Å². The Morgan fingerprint density at radius 3 is 2.62 bits per heavy atom. The van der Waals surface area contributed by atoms with Gasteiger partial charge in [0.05, 0.1) is 5.52 Å². The maximum absolute atomic E-state index is 11.7. The third-order valence-electron chi connectivity index (χ3n) is 4.82. The first-order valence-electron chi connectivity index (χ1n) is 8.28. The van der Waals surface area contributed by atoms with Crippen LogP contribution in [0.5, 0.6) is 0 Å². The number of nitrogens with zero attached hydrogens (tertiary/aromatic N) is 4. The number of carbonyl (C=O) groups excluding carboxylic acids is 1. The predicted molar refractivity (Wildman–Crippen MR) is 95.5 cm³/mol. The van der Waals surface area contributed by atoms with Crippen molar-refractivity contribution >= 4 is 34.2 Å². The smallest absolute Gasteiger partial charge is 0.246 e. The summed E-state index contributed by atoms with van der Waals surface area (Å²) in [4.78, 5) is 24.6. The third kappa shape index (κ3) is 2.73. The van der Waals surface area contributed by atoms with Gasteiger partial charge >= 0.3 is 0 Å². The van der Waals surface area contributed by atoms with Crippen molar-refractivity contribution in [1.82, 2.24) is 14.9 Å². The Balaban J connectivity index is 1.64. The lowest BCUT2D eigenvalue weighted by atomic mass is 10.1. The average Bonchev–Trinajstić information content (AvgIpc) is 3.45. The van der Waals surface area contributed by atoms with Crippen LogP contribution in [-0.2, 0) is 4.79 Å². The topological polar surface area (TPSA) is 49.3 Å². The molecule has 1 aliphatic heterocycles. The van der Waals surface area contributed by atoms with Gasteiger partial charge in [-0.05, 0) is 42.5 Å². The molecule has 1 saturated heterocycles. The Labute approximate surface area is 145 Å². The molecule has 5 nitrogen and oxygen atoms in total. The lowest BCUT2D eigenvalue weighted by Crippen LogP contribution is -2.48. The first-order chi connectivity index (χ1) is 11.7. The molecule has 0 bridgehead atoms. The van der Waals surface area contributed by atoms with E-state index < -0.39 is 0 Å². The van der Waals surface area contributed by atoms with E-state index in [-0.39, 0.29) is 5.91 Å². The number of hydrogen-bond acceptors (Lipinski definition) is 4. The molecule has 2 heterocycles. The number of piperazine rings is 1. The first kappa shape index (κ1) is 15.4. The van der Waals surface area contributed by atoms with Gasteiger partial charge in [-0.3, -0.25) is 4.79 Å². The molecule has 1 aromatic carbocycles. The molecule has 6 heteroatoms. The van der Waals surface area contributed by atoms with Crippen molar-refractivity contribution in [3.8, 4) is 0 Å². The molecular weight excluding hydrogens is 324 g/mol. The molecule has 1 aliphatic carbocycles. The number of aromatic nitrogens is 2. The second kappa shape index (κ2) is 6.06. The van der Waals surface area contributed by atoms with E-state index in [9.17, 15) is 4.79 Å². The van der Waals surface area contributed by atoms with E-state index in [0.29, 0.717) is 19.0 Å². The second-order valence-electron chi connectivity index (χ2n) is 6.38. The molecule has 0 unspecified atom stereocenters. The van der Waals surface area contributed by atoms with Gasteiger partial charge in [-0.25, -0.2) is 9.97 Å². The summed E-state index contributed by atoms with van der Waals surface area (Å²) in [5.74, 6) is 1.48. The highest BCUT2D eigenvalue weighted by molar-refractivity contribution is 6.32. The summed E-state index contributed by atoms with van der Waals surface area (Å²) < 4.78 is 0. The summed E-state index contributed by atoms with van der Waals surface area (Å²) >= 11 is 6.49. The Morgan fingerprint density at radius 2 is 1.96 bits per heavy atom. The highest BCUT2D eigenvalue weighted by atomic mass is 35.5. The van der Waals surface area contributed by atoms with Crippen molar-refractivity contribution in [2.24, 2.45) is 0 Å². The van der Waals surface area contributed by atoms with Gasteiger partial charge in [0.2, 0.25) is 5.91 Å². The van der Waals surface area contributed by atoms with Crippen LogP contribution in [0.3, 0.4) is 0 Å². The largest absolute Gasteiger partial charge is 0.352 e. The molecule has 124 valence electrons. The number of rotatable bonds is 3. The molecule has 1 aromatic heterocycles. The number of amides is 1. The Hall–Kier alpha value is -2.14. The maximum Gasteiger partial charge on any atom is 0.246 e. The highest BCUT2D eigenvalue weighted by Crippen LogP contribution is 2.44. The number of hydrogen-bond donors (Lipinski definition) is 0. The van der Waals surface area contributed by atoms with Crippen molar-refractivity contribution < 1.29 is 4.79 Å². The summed E-state index contributed by atoms with van der Waals surface area (Å²) in [5, 5.41) is 1.79. The van der Waals surface area contributed by atoms with Crippen molar-refractivity contribution in [2.75, 3.05) is 31.1 Å². The van der Waals surface area contributed by atoms with Crippen LogP contribution >= 0.6 is 11.6 Å². The number of benzene rings is 1. The van der Waals surface area contributed by atoms with Crippen LogP contribution in [0.2, 0.25) is 5.02 Å². The maximum atomic E-state index is 11.7. The van der Waals surface area contributed by atoms with Crippen LogP contribution in [0.25, 0.3) is 10.9 Å². The zero-order valence-corrected chi connectivity index (χ0v) is 14.2. The van der Waals surface area contributed by atoms with Crippen LogP contribution in [-0.4, -0.2) is 47.0 Å². The fourth-order valence-corrected chi connectivity index (χ4v) is 3.62. The van der Waals surface area contributed by atoms with Crippen molar-refractivity contribution in [2.45, 2.75) is 18.8 Å². The first-order valence-corrected chi connectivity index (χ1v) is 8.65. The highest BCUT2D eigenvalue weighted by Gasteiger charge is 2.27. The molecular formula is C18H19ClN4O. The minimum absolute atomic E-state index is 0.0145. The zero-order valence-electron chi connectivity index (χ0n) is 13.4. The molecule has 1 saturated carbocycles. The van der Waals surface area contributed by atoms with E-state index >= 15 is 0 Å². The molecule has 0 N–H and O–H groups in total. The van der Waals surface area contributed by atoms with E-state index in [1.165, 1.54) is 24.5 Å². The number of carbonyl (C=O) groups is 1. The summed E-state index contributed by atoms with van der Waals surface area (Å²) in [6.45, 7) is 6.38. The molecule has 2 aromatic rings. The fraction of sp³-hybridized carbons (Fsp3) is 0.389. The second-order valence-corrected chi connectivity index (χ2v) is 6.79. The van der Waals surface area contributed by atoms with Crippen LogP contribution < -0.4 is 4.90 Å². The summed E-state index contributed by atoms with van der Waals surface area (Å²) in [6, 6.07) is 4.11. The van der Waals surface area contributed by atoms with Gasteiger partial charge in [0.25, 0.3) is 0 Å². The van der Waals surface area contributed by atoms with Gasteiger partial charge in [-0.1, -0.05) is 18.2 Å². The van der Waals surface area contributed by atoms with Gasteiger partial charge in [0.15, 0.2) is 0 Å². The number of fused-ring (bicyclic) bond motifs is 1. The Morgan fingerprint density at radius 1 is 1.21 bits per heavy atom. The van der Waals surface area contributed by atoms with Gasteiger partial charge in [-0.15, -0.1) is 0 Å². The molecule has 4 rings (SSSR count). The summed E-state index contributed by atoms with van der Waals surface area (Å²) in [5.41, 5.74) is 2.14. The molecule has 2 aliphatic rings. The minimum Gasteiger partial charge on any atom is -0.352 e. The van der Waals surface area contributed by atoms with E-state index in [0.717, 1.165) is 34.8 Å². The van der Waals surface area contributed by atoms with Crippen molar-refractivity contribution in [3.63, 3.8) is 0 Å². The van der Waals surface area contributed by atoms with E-state index in [2.05, 4.69) is 27.5 Å². The SMILES string of the molecule is C=CC(=O)N1CCN(c2ncnc3cc(C4CC4)c(Cl)cc23)CC1. The van der Waals surface area contributed by atoms with Crippen molar-refractivity contribution in [3.05, 3.63) is 41.7 Å². The van der Waals surface area contributed by atoms with Crippen LogP contribution in [0.4, 0.5) is 5.82 Å². The van der Waals surface area contributed by atoms with Gasteiger partial charge in [0, 0.05) is 36.6 Å². The molecule has 0 atom stereocenters. The predicted octanol–water partition coefficient (Wildman–Crippen LogP) is 3.00. The normalized spacial score (nSPS) is 18.0. The monoisotopic (exact) mass is 342 g/mol. The summed E-state index contributed by atoms with van der Waals surface area (Å²) in [7, 11) is 0. The summed E-state index contributed by atoms with van der Waals surface area (Å²) in [6.07, 6.45) is 5.41. The van der Waals surface area contributed by atoms with E-state index in [1.807, 2.05) is 11.0 Å². The van der Waals surface area contributed by atoms with Gasteiger partial charge in [-0.2, -0.15) is 0 Å². The van der Waals surface area contributed by atoms with Gasteiger partial charge < -0.3 is 9.80 Å². The average molecular weight is 343 g/mol. The molecule has 0 spiro atoms. The van der Waals surface area contributed by atoms with Gasteiger partial charge in [0.1, 0.15) is 12.1 Å². The quantitative estimate of drug-likeness (QED) is 0.805. The zero-order chi connectivity index (χ0) is 16.7.